The molecule has 0 heterocycles. The van der Waals surface area contributed by atoms with Gasteiger partial charge in [0.1, 0.15) is 23.9 Å². The van der Waals surface area contributed by atoms with E-state index >= 15 is 0 Å². The average Bonchev–Trinajstić information content (AvgIpc) is 2.28. The Kier molecular flexibility index (Phi) is 5.41. The highest BCUT2D eigenvalue weighted by Crippen LogP contribution is 2.21. The Morgan fingerprint density at radius 3 is 2.74 bits per heavy atom. The van der Waals surface area contributed by atoms with Gasteiger partial charge in [-0.3, -0.25) is 9.79 Å². The first kappa shape index (κ1) is 15.1. The van der Waals surface area contributed by atoms with Crippen LogP contribution in [0.3, 0.4) is 0 Å². The van der Waals surface area contributed by atoms with Crippen LogP contribution in [0.5, 0.6) is 0 Å². The van der Waals surface area contributed by atoms with Crippen molar-refractivity contribution in [1.82, 2.24) is 0 Å². The lowest BCUT2D eigenvalue weighted by molar-refractivity contribution is -0.141. The zero-order valence-corrected chi connectivity index (χ0v) is 10.8. The number of hydrogen-bond acceptors (Lipinski definition) is 3. The smallest absolute Gasteiger partial charge is 0.313 e. The number of halogens is 2. The molecule has 4 nitrogen and oxygen atoms in total. The topological polar surface area (TPSA) is 64.7 Å². The van der Waals surface area contributed by atoms with Crippen LogP contribution in [0.2, 0.25) is 0 Å². The molecule has 0 saturated heterocycles. The van der Waals surface area contributed by atoms with Crippen molar-refractivity contribution < 1.29 is 18.3 Å². The highest BCUT2D eigenvalue weighted by molar-refractivity contribution is 5.96. The van der Waals surface area contributed by atoms with Crippen molar-refractivity contribution in [2.75, 3.05) is 6.61 Å². The molecule has 0 spiro atoms. The van der Waals surface area contributed by atoms with E-state index in [-0.39, 0.29) is 24.4 Å². The summed E-state index contributed by atoms with van der Waals surface area (Å²) in [5, 5.41) is 0. The molecule has 104 valence electrons. The van der Waals surface area contributed by atoms with Crippen molar-refractivity contribution in [3.8, 4) is 0 Å². The molecule has 1 aromatic rings. The van der Waals surface area contributed by atoms with Crippen LogP contribution < -0.4 is 5.73 Å². The van der Waals surface area contributed by atoms with Gasteiger partial charge in [0.15, 0.2) is 0 Å². The minimum atomic E-state index is -0.694. The van der Waals surface area contributed by atoms with Crippen LogP contribution in [0, 0.1) is 11.6 Å². The quantitative estimate of drug-likeness (QED) is 0.507. The van der Waals surface area contributed by atoms with E-state index in [0.29, 0.717) is 0 Å². The lowest BCUT2D eigenvalue weighted by Crippen LogP contribution is -2.19. The number of nitrogens with zero attached hydrogens (tertiary/aromatic N) is 1. The van der Waals surface area contributed by atoms with Gasteiger partial charge in [-0.25, -0.2) is 8.78 Å². The second-order valence-electron chi connectivity index (χ2n) is 3.94. The van der Waals surface area contributed by atoms with Crippen LogP contribution in [-0.2, 0) is 9.53 Å². The molecular weight excluding hydrogens is 254 g/mol. The van der Waals surface area contributed by atoms with Gasteiger partial charge in [-0.05, 0) is 19.9 Å². The number of ether oxygens (including phenoxy) is 1. The van der Waals surface area contributed by atoms with Crippen LogP contribution in [0.1, 0.15) is 31.9 Å². The molecule has 0 saturated carbocycles. The zero-order valence-electron chi connectivity index (χ0n) is 10.8. The van der Waals surface area contributed by atoms with Gasteiger partial charge >= 0.3 is 5.97 Å². The fourth-order valence-corrected chi connectivity index (χ4v) is 1.56. The molecule has 0 aliphatic heterocycles. The van der Waals surface area contributed by atoms with E-state index in [2.05, 4.69) is 4.99 Å². The third-order valence-electron chi connectivity index (χ3n) is 2.40. The van der Waals surface area contributed by atoms with Crippen molar-refractivity contribution in [2.45, 2.75) is 26.3 Å². The van der Waals surface area contributed by atoms with Crippen molar-refractivity contribution in [1.29, 1.82) is 0 Å². The Morgan fingerprint density at radius 1 is 1.47 bits per heavy atom. The number of benzene rings is 1. The zero-order chi connectivity index (χ0) is 14.4. The van der Waals surface area contributed by atoms with E-state index in [1.807, 2.05) is 0 Å². The normalized spacial score (nSPS) is 13.2. The molecule has 1 rings (SSSR count). The van der Waals surface area contributed by atoms with Gasteiger partial charge in [-0.15, -0.1) is 0 Å². The molecular formula is C13H16F2N2O2. The molecule has 2 N–H and O–H groups in total. The number of carbonyl (C=O) groups is 1. The van der Waals surface area contributed by atoms with E-state index in [4.69, 9.17) is 10.5 Å². The number of carbonyl (C=O) groups excluding carboxylic acids is 1. The summed E-state index contributed by atoms with van der Waals surface area (Å²) in [6.45, 7) is 3.55. The Morgan fingerprint density at radius 2 is 2.16 bits per heavy atom. The van der Waals surface area contributed by atoms with Gasteiger partial charge in [-0.1, -0.05) is 6.07 Å². The minimum absolute atomic E-state index is 0.0506. The summed E-state index contributed by atoms with van der Waals surface area (Å²) in [6.07, 6.45) is -0.152. The minimum Gasteiger partial charge on any atom is -0.466 e. The maximum Gasteiger partial charge on any atom is 0.313 e. The molecule has 0 amide bonds. The van der Waals surface area contributed by atoms with Crippen molar-refractivity contribution >= 4 is 11.8 Å². The Balaban J connectivity index is 2.77. The first-order valence-corrected chi connectivity index (χ1v) is 5.86. The Labute approximate surface area is 110 Å². The molecule has 0 aromatic heterocycles. The molecule has 6 heteroatoms. The van der Waals surface area contributed by atoms with Gasteiger partial charge in [0.05, 0.1) is 12.6 Å². The molecule has 0 fully saturated rings. The van der Waals surface area contributed by atoms with Gasteiger partial charge in [0, 0.05) is 11.6 Å². The second kappa shape index (κ2) is 6.82. The lowest BCUT2D eigenvalue weighted by Gasteiger charge is -2.10. The molecule has 0 aliphatic rings. The summed E-state index contributed by atoms with van der Waals surface area (Å²) in [5.74, 6) is -1.79. The van der Waals surface area contributed by atoms with Gasteiger partial charge in [0.2, 0.25) is 0 Å². The molecule has 0 unspecified atom stereocenters. The maximum atomic E-state index is 13.5. The molecule has 0 bridgehead atoms. The monoisotopic (exact) mass is 270 g/mol. The van der Waals surface area contributed by atoms with Crippen LogP contribution in [0.25, 0.3) is 0 Å². The largest absolute Gasteiger partial charge is 0.466 e. The van der Waals surface area contributed by atoms with Gasteiger partial charge in [-0.2, -0.15) is 0 Å². The van der Waals surface area contributed by atoms with E-state index in [1.54, 1.807) is 13.8 Å². The third kappa shape index (κ3) is 4.65. The number of aliphatic imine (C=N–C) groups is 1. The Hall–Kier alpha value is -1.98. The lowest BCUT2D eigenvalue weighted by atomic mass is 10.1. The maximum absolute atomic E-state index is 13.5. The van der Waals surface area contributed by atoms with Crippen molar-refractivity contribution in [2.24, 2.45) is 10.7 Å². The third-order valence-corrected chi connectivity index (χ3v) is 2.40. The van der Waals surface area contributed by atoms with Crippen LogP contribution >= 0.6 is 0 Å². The number of hydrogen-bond donors (Lipinski definition) is 1. The fraction of sp³-hybridized carbons (Fsp3) is 0.385. The van der Waals surface area contributed by atoms with E-state index in [9.17, 15) is 13.6 Å². The van der Waals surface area contributed by atoms with E-state index in [1.165, 1.54) is 6.07 Å². The summed E-state index contributed by atoms with van der Waals surface area (Å²) >= 11 is 0. The average molecular weight is 270 g/mol. The van der Waals surface area contributed by atoms with Gasteiger partial charge < -0.3 is 10.5 Å². The first-order chi connectivity index (χ1) is 8.93. The summed E-state index contributed by atoms with van der Waals surface area (Å²) in [4.78, 5) is 15.2. The van der Waals surface area contributed by atoms with Crippen LogP contribution in [0.15, 0.2) is 23.2 Å². The molecule has 0 aliphatic carbocycles. The molecule has 19 heavy (non-hydrogen) atoms. The standard InChI is InChI=1S/C13H16F2N2O2/c1-3-19-13(18)7-12(16)17-8(2)10-5-4-9(14)6-11(10)15/h4-6,8H,3,7H2,1-2H3,(H2,16,17)/t8-/m0/s1. The fourth-order valence-electron chi connectivity index (χ4n) is 1.56. The molecule has 1 atom stereocenters. The summed E-state index contributed by atoms with van der Waals surface area (Å²) in [7, 11) is 0. The number of amidine groups is 1. The highest BCUT2D eigenvalue weighted by atomic mass is 19.1. The molecule has 0 radical (unpaired) electrons. The Bertz CT molecular complexity index is 490. The molecule has 1 aromatic carbocycles. The van der Waals surface area contributed by atoms with Crippen molar-refractivity contribution in [3.05, 3.63) is 35.4 Å². The summed E-state index contributed by atoms with van der Waals surface area (Å²) in [5.41, 5.74) is 5.79. The van der Waals surface area contributed by atoms with Crippen LogP contribution in [-0.4, -0.2) is 18.4 Å². The summed E-state index contributed by atoms with van der Waals surface area (Å²) in [6, 6.07) is 2.63. The SMILES string of the molecule is CCOC(=O)CC(N)=N[C@@H](C)c1ccc(F)cc1F. The summed E-state index contributed by atoms with van der Waals surface area (Å²) < 4.78 is 31.0. The van der Waals surface area contributed by atoms with Gasteiger partial charge in [0.25, 0.3) is 0 Å². The second-order valence-corrected chi connectivity index (χ2v) is 3.94. The van der Waals surface area contributed by atoms with Crippen LogP contribution in [0.4, 0.5) is 8.78 Å². The van der Waals surface area contributed by atoms with E-state index < -0.39 is 23.6 Å². The first-order valence-electron chi connectivity index (χ1n) is 5.86. The number of nitrogens with two attached hydrogens (primary N) is 1. The number of rotatable bonds is 5. The predicted octanol–water partition coefficient (Wildman–Crippen LogP) is 2.34. The van der Waals surface area contributed by atoms with E-state index in [0.717, 1.165) is 12.1 Å². The van der Waals surface area contributed by atoms with Crippen molar-refractivity contribution in [3.63, 3.8) is 0 Å². The number of esters is 1. The highest BCUT2D eigenvalue weighted by Gasteiger charge is 2.12. The predicted molar refractivity (Wildman–Crippen MR) is 67.6 cm³/mol.